The molecule has 136 valence electrons. The molecule has 4 rings (SSSR count). The summed E-state index contributed by atoms with van der Waals surface area (Å²) >= 11 is 0. The normalized spacial score (nSPS) is 10.7. The van der Waals surface area contributed by atoms with Gasteiger partial charge in [0.1, 0.15) is 0 Å². The van der Waals surface area contributed by atoms with Crippen LogP contribution in [0.25, 0.3) is 16.9 Å². The van der Waals surface area contributed by atoms with E-state index in [-0.39, 0.29) is 0 Å². The molecule has 27 heavy (non-hydrogen) atoms. The quantitative estimate of drug-likeness (QED) is 0.564. The van der Waals surface area contributed by atoms with Gasteiger partial charge >= 0.3 is 0 Å². The third kappa shape index (κ3) is 3.24. The summed E-state index contributed by atoms with van der Waals surface area (Å²) in [5, 5.41) is 3.27. The summed E-state index contributed by atoms with van der Waals surface area (Å²) < 4.78 is 12.7. The van der Waals surface area contributed by atoms with Gasteiger partial charge in [-0.1, -0.05) is 0 Å². The van der Waals surface area contributed by atoms with E-state index in [2.05, 4.69) is 25.3 Å². The summed E-state index contributed by atoms with van der Waals surface area (Å²) in [6.07, 6.45) is 10.4. The van der Waals surface area contributed by atoms with Crippen molar-refractivity contribution < 1.29 is 9.47 Å². The number of nitrogens with zero attached hydrogens (tertiary/aromatic N) is 5. The number of rotatable bonds is 6. The molecular formula is C19H18N6O2. The van der Waals surface area contributed by atoms with Gasteiger partial charge in [0.2, 0.25) is 0 Å². The molecule has 0 amide bonds. The number of benzene rings is 1. The summed E-state index contributed by atoms with van der Waals surface area (Å²) in [6, 6.07) is 5.77. The van der Waals surface area contributed by atoms with Crippen molar-refractivity contribution in [3.8, 4) is 22.8 Å². The van der Waals surface area contributed by atoms with Crippen molar-refractivity contribution in [2.45, 2.75) is 6.54 Å². The van der Waals surface area contributed by atoms with Gasteiger partial charge in [-0.2, -0.15) is 0 Å². The molecule has 0 saturated carbocycles. The Hall–Kier alpha value is -3.68. The highest BCUT2D eigenvalue weighted by Gasteiger charge is 2.13. The number of methoxy groups -OCH3 is 2. The first kappa shape index (κ1) is 16.8. The molecule has 3 aromatic heterocycles. The van der Waals surface area contributed by atoms with Crippen molar-refractivity contribution in [1.82, 2.24) is 24.3 Å². The number of nitrogens with one attached hydrogen (secondary N) is 1. The van der Waals surface area contributed by atoms with E-state index < -0.39 is 0 Å². The Morgan fingerprint density at radius 3 is 2.63 bits per heavy atom. The fourth-order valence-electron chi connectivity index (χ4n) is 2.85. The topological polar surface area (TPSA) is 86.5 Å². The maximum Gasteiger partial charge on any atom is 0.180 e. The number of hydrogen-bond donors (Lipinski definition) is 1. The summed E-state index contributed by atoms with van der Waals surface area (Å²) in [5.41, 5.74) is 3.45. The van der Waals surface area contributed by atoms with Gasteiger partial charge in [-0.3, -0.25) is 14.4 Å². The van der Waals surface area contributed by atoms with Crippen molar-refractivity contribution >= 4 is 11.5 Å². The SMILES string of the molecule is COc1ccc(-c2cnc3c(NCc4cnccn4)nccn23)cc1OC. The van der Waals surface area contributed by atoms with Crippen molar-refractivity contribution in [2.75, 3.05) is 19.5 Å². The second-order valence-corrected chi connectivity index (χ2v) is 5.73. The van der Waals surface area contributed by atoms with Gasteiger partial charge in [0.05, 0.1) is 44.5 Å². The first-order valence-electron chi connectivity index (χ1n) is 8.33. The second kappa shape index (κ2) is 7.28. The average molecular weight is 362 g/mol. The van der Waals surface area contributed by atoms with Gasteiger partial charge in [-0.05, 0) is 18.2 Å². The van der Waals surface area contributed by atoms with Crippen molar-refractivity contribution in [1.29, 1.82) is 0 Å². The zero-order valence-electron chi connectivity index (χ0n) is 15.0. The predicted octanol–water partition coefficient (Wildman–Crippen LogP) is 2.82. The summed E-state index contributed by atoms with van der Waals surface area (Å²) in [4.78, 5) is 17.3. The van der Waals surface area contributed by atoms with Crippen LogP contribution in [0.3, 0.4) is 0 Å². The maximum atomic E-state index is 5.41. The van der Waals surface area contributed by atoms with Gasteiger partial charge in [-0.25, -0.2) is 9.97 Å². The standard InChI is InChI=1S/C19H18N6O2/c1-26-16-4-3-13(9-17(16)27-2)15-12-24-19-18(22-7-8-25(15)19)23-11-14-10-20-5-6-21-14/h3-10,12H,11H2,1-2H3,(H,22,23). The van der Waals surface area contributed by atoms with E-state index >= 15 is 0 Å². The molecule has 1 N–H and O–H groups in total. The fraction of sp³-hybridized carbons (Fsp3) is 0.158. The van der Waals surface area contributed by atoms with E-state index in [1.807, 2.05) is 35.0 Å². The second-order valence-electron chi connectivity index (χ2n) is 5.73. The molecule has 0 spiro atoms. The van der Waals surface area contributed by atoms with Crippen LogP contribution in [0.15, 0.2) is 55.4 Å². The lowest BCUT2D eigenvalue weighted by Crippen LogP contribution is -2.05. The first-order valence-corrected chi connectivity index (χ1v) is 8.33. The molecule has 0 aliphatic rings. The molecular weight excluding hydrogens is 344 g/mol. The van der Waals surface area contributed by atoms with Gasteiger partial charge in [-0.15, -0.1) is 0 Å². The Bertz CT molecular complexity index is 1060. The molecule has 0 aliphatic carbocycles. The third-order valence-corrected chi connectivity index (χ3v) is 4.16. The zero-order chi connectivity index (χ0) is 18.6. The van der Waals surface area contributed by atoms with Gasteiger partial charge < -0.3 is 14.8 Å². The van der Waals surface area contributed by atoms with Gasteiger partial charge in [0.15, 0.2) is 23.0 Å². The van der Waals surface area contributed by atoms with E-state index in [1.54, 1.807) is 39.0 Å². The molecule has 0 unspecified atom stereocenters. The predicted molar refractivity (Wildman–Crippen MR) is 101 cm³/mol. The van der Waals surface area contributed by atoms with Gasteiger partial charge in [0, 0.05) is 30.4 Å². The Balaban J connectivity index is 1.68. The maximum absolute atomic E-state index is 5.41. The molecule has 0 radical (unpaired) electrons. The first-order chi connectivity index (χ1) is 13.3. The van der Waals surface area contributed by atoms with Crippen molar-refractivity contribution in [3.63, 3.8) is 0 Å². The molecule has 1 aromatic carbocycles. The summed E-state index contributed by atoms with van der Waals surface area (Å²) in [5.74, 6) is 2.03. The van der Waals surface area contributed by atoms with Crippen LogP contribution in [0, 0.1) is 0 Å². The Labute approximate surface area is 155 Å². The Kier molecular flexibility index (Phi) is 4.52. The number of anilines is 1. The summed E-state index contributed by atoms with van der Waals surface area (Å²) in [7, 11) is 3.24. The van der Waals surface area contributed by atoms with E-state index in [4.69, 9.17) is 9.47 Å². The minimum absolute atomic E-state index is 0.513. The van der Waals surface area contributed by atoms with Crippen LogP contribution < -0.4 is 14.8 Å². The van der Waals surface area contributed by atoms with E-state index in [0.29, 0.717) is 23.9 Å². The largest absolute Gasteiger partial charge is 0.493 e. The minimum Gasteiger partial charge on any atom is -0.493 e. The number of ether oxygens (including phenoxy) is 2. The highest BCUT2D eigenvalue weighted by molar-refractivity contribution is 5.72. The fourth-order valence-corrected chi connectivity index (χ4v) is 2.85. The summed E-state index contributed by atoms with van der Waals surface area (Å²) in [6.45, 7) is 0.513. The third-order valence-electron chi connectivity index (χ3n) is 4.16. The molecule has 0 aliphatic heterocycles. The smallest absolute Gasteiger partial charge is 0.180 e. The Morgan fingerprint density at radius 1 is 0.963 bits per heavy atom. The molecule has 0 fully saturated rings. The minimum atomic E-state index is 0.513. The molecule has 0 bridgehead atoms. The van der Waals surface area contributed by atoms with Gasteiger partial charge in [0.25, 0.3) is 0 Å². The molecule has 0 atom stereocenters. The number of hydrogen-bond acceptors (Lipinski definition) is 7. The van der Waals surface area contributed by atoms with E-state index in [1.165, 1.54) is 0 Å². The number of aromatic nitrogens is 5. The van der Waals surface area contributed by atoms with Crippen LogP contribution in [-0.4, -0.2) is 38.6 Å². The molecule has 8 nitrogen and oxygen atoms in total. The van der Waals surface area contributed by atoms with Crippen LogP contribution in [0.1, 0.15) is 5.69 Å². The van der Waals surface area contributed by atoms with E-state index in [0.717, 1.165) is 22.6 Å². The number of fused-ring (bicyclic) bond motifs is 1. The monoisotopic (exact) mass is 362 g/mol. The Morgan fingerprint density at radius 2 is 1.85 bits per heavy atom. The van der Waals surface area contributed by atoms with Crippen LogP contribution in [0.2, 0.25) is 0 Å². The average Bonchev–Trinajstić information content (AvgIpc) is 3.17. The lowest BCUT2D eigenvalue weighted by Gasteiger charge is -2.10. The van der Waals surface area contributed by atoms with E-state index in [9.17, 15) is 0 Å². The highest BCUT2D eigenvalue weighted by atomic mass is 16.5. The van der Waals surface area contributed by atoms with Crippen molar-refractivity contribution in [3.05, 3.63) is 61.1 Å². The van der Waals surface area contributed by atoms with Crippen LogP contribution in [0.4, 0.5) is 5.82 Å². The van der Waals surface area contributed by atoms with Crippen LogP contribution >= 0.6 is 0 Å². The lowest BCUT2D eigenvalue weighted by atomic mass is 10.1. The molecule has 3 heterocycles. The molecule has 4 aromatic rings. The molecule has 8 heteroatoms. The van der Waals surface area contributed by atoms with Crippen molar-refractivity contribution in [2.24, 2.45) is 0 Å². The van der Waals surface area contributed by atoms with Crippen LogP contribution in [-0.2, 0) is 6.54 Å². The zero-order valence-corrected chi connectivity index (χ0v) is 15.0. The molecule has 0 saturated heterocycles. The highest BCUT2D eigenvalue weighted by Crippen LogP contribution is 2.33. The lowest BCUT2D eigenvalue weighted by molar-refractivity contribution is 0.355. The number of imidazole rings is 1. The van der Waals surface area contributed by atoms with Crippen LogP contribution in [0.5, 0.6) is 11.5 Å².